The van der Waals surface area contributed by atoms with Gasteiger partial charge in [-0.1, -0.05) is 84.2 Å². The highest BCUT2D eigenvalue weighted by atomic mass is 32.2. The highest BCUT2D eigenvalue weighted by molar-refractivity contribution is 8.00. The number of benzene rings is 4. The Bertz CT molecular complexity index is 2120. The van der Waals surface area contributed by atoms with Gasteiger partial charge in [0.15, 0.2) is 10.3 Å². The Morgan fingerprint density at radius 1 is 0.673 bits per heavy atom. The van der Waals surface area contributed by atoms with Crippen molar-refractivity contribution in [2.24, 2.45) is 0 Å². The molecule has 0 saturated heterocycles. The first kappa shape index (κ1) is 32.8. The van der Waals surface area contributed by atoms with E-state index in [2.05, 4.69) is 87.1 Å². The number of hydrogen-bond acceptors (Lipinski definition) is 10. The Morgan fingerprint density at radius 3 is 1.55 bits per heavy atom. The van der Waals surface area contributed by atoms with E-state index in [-0.39, 0.29) is 23.4 Å². The smallest absolute Gasteiger partial charge is 0.316 e. The van der Waals surface area contributed by atoms with Crippen LogP contribution in [0.25, 0.3) is 32.9 Å². The van der Waals surface area contributed by atoms with E-state index in [9.17, 15) is 9.59 Å². The van der Waals surface area contributed by atoms with Crippen molar-refractivity contribution in [3.8, 4) is 11.4 Å². The standard InChI is InChI=1S/C19H19N3O2S.C18H17N3O2S/c1-2-24-18(23)11-25-19-21-20-12-22(19)17-10-9-14(13-7-8-13)15-5-3-4-6-16(15)17;1-23-17(22)10-24-18-20-19-11-21(18)16-9-8-13(12-6-7-12)14-4-2-3-5-15(14)16/h3-6,9-10,12-13H,2,7-8,11H2,1H3;2-5,8-9,11-12H,6-7,10H2,1H3. The molecule has 2 saturated carbocycles. The molecule has 0 bridgehead atoms. The predicted octanol–water partition coefficient (Wildman–Crippen LogP) is 7.52. The SMILES string of the molecule is CCOC(=O)CSc1nncn1-c1ccc(C2CC2)c2ccccc12.COC(=O)CSc1nncn1-c1ccc(C2CC2)c2ccccc12. The number of rotatable bonds is 11. The van der Waals surface area contributed by atoms with Crippen LogP contribution in [0.1, 0.15) is 55.6 Å². The molecule has 2 fully saturated rings. The van der Waals surface area contributed by atoms with E-state index in [1.54, 1.807) is 19.6 Å². The summed E-state index contributed by atoms with van der Waals surface area (Å²) in [7, 11) is 1.39. The molecule has 2 heterocycles. The molecule has 10 nitrogen and oxygen atoms in total. The molecule has 49 heavy (non-hydrogen) atoms. The minimum Gasteiger partial charge on any atom is -0.468 e. The lowest BCUT2D eigenvalue weighted by atomic mass is 9.99. The molecule has 0 unspecified atom stereocenters. The second-order valence-corrected chi connectivity index (χ2v) is 13.8. The third kappa shape index (κ3) is 7.35. The van der Waals surface area contributed by atoms with E-state index in [0.717, 1.165) is 11.4 Å². The summed E-state index contributed by atoms with van der Waals surface area (Å²) < 4.78 is 13.6. The Labute approximate surface area is 292 Å². The van der Waals surface area contributed by atoms with Crippen molar-refractivity contribution in [3.63, 3.8) is 0 Å². The maximum Gasteiger partial charge on any atom is 0.316 e. The van der Waals surface area contributed by atoms with E-state index in [1.807, 2.05) is 15.2 Å². The second kappa shape index (κ2) is 14.8. The molecular weight excluding hydrogens is 657 g/mol. The van der Waals surface area contributed by atoms with Crippen molar-refractivity contribution in [2.75, 3.05) is 25.2 Å². The molecule has 12 heteroatoms. The minimum atomic E-state index is -0.275. The molecule has 2 aliphatic carbocycles. The summed E-state index contributed by atoms with van der Waals surface area (Å²) in [6.45, 7) is 2.19. The Kier molecular flexibility index (Phi) is 9.94. The molecule has 8 rings (SSSR count). The normalized spacial score (nSPS) is 14.0. The number of carbonyl (C=O) groups excluding carboxylic acids is 2. The third-order valence-electron chi connectivity index (χ3n) is 8.63. The Balaban J connectivity index is 0.000000154. The quantitative estimate of drug-likeness (QED) is 0.0998. The van der Waals surface area contributed by atoms with E-state index in [1.165, 1.54) is 89.0 Å². The lowest BCUT2D eigenvalue weighted by Crippen LogP contribution is -2.07. The first-order valence-corrected chi connectivity index (χ1v) is 18.3. The summed E-state index contributed by atoms with van der Waals surface area (Å²) in [5.74, 6) is 1.31. The van der Waals surface area contributed by atoms with Gasteiger partial charge in [-0.05, 0) is 78.5 Å². The number of hydrogen-bond donors (Lipinski definition) is 0. The van der Waals surface area contributed by atoms with Crippen LogP contribution < -0.4 is 0 Å². The number of esters is 2. The van der Waals surface area contributed by atoms with Gasteiger partial charge in [-0.3, -0.25) is 18.7 Å². The topological polar surface area (TPSA) is 114 Å². The molecular formula is C37H36N6O4S2. The monoisotopic (exact) mass is 692 g/mol. The molecule has 6 aromatic rings. The summed E-state index contributed by atoms with van der Waals surface area (Å²) in [5, 5.41) is 22.7. The number of carbonyl (C=O) groups is 2. The van der Waals surface area contributed by atoms with Gasteiger partial charge in [0.25, 0.3) is 0 Å². The van der Waals surface area contributed by atoms with Crippen molar-refractivity contribution >= 4 is 57.0 Å². The minimum absolute atomic E-state index is 0.216. The number of thioether (sulfide) groups is 2. The zero-order valence-electron chi connectivity index (χ0n) is 27.3. The van der Waals surface area contributed by atoms with Crippen LogP contribution in [0.5, 0.6) is 0 Å². The molecule has 2 aliphatic rings. The van der Waals surface area contributed by atoms with Gasteiger partial charge in [0.05, 0.1) is 36.6 Å². The lowest BCUT2D eigenvalue weighted by Gasteiger charge is -2.13. The Hall–Kier alpha value is -4.68. The van der Waals surface area contributed by atoms with Crippen LogP contribution in [0.15, 0.2) is 95.8 Å². The Morgan fingerprint density at radius 2 is 1.12 bits per heavy atom. The summed E-state index contributed by atoms with van der Waals surface area (Å²) in [6, 6.07) is 25.6. The van der Waals surface area contributed by atoms with Gasteiger partial charge in [-0.2, -0.15) is 0 Å². The largest absolute Gasteiger partial charge is 0.468 e. The summed E-state index contributed by atoms with van der Waals surface area (Å²) in [5.41, 5.74) is 4.92. The maximum absolute atomic E-state index is 11.6. The van der Waals surface area contributed by atoms with Crippen LogP contribution in [0, 0.1) is 0 Å². The average molecular weight is 693 g/mol. The van der Waals surface area contributed by atoms with Gasteiger partial charge >= 0.3 is 11.9 Å². The first-order valence-electron chi connectivity index (χ1n) is 16.4. The highest BCUT2D eigenvalue weighted by Gasteiger charge is 2.27. The fourth-order valence-electron chi connectivity index (χ4n) is 6.02. The molecule has 4 aromatic carbocycles. The van der Waals surface area contributed by atoms with Crippen LogP contribution in [0.3, 0.4) is 0 Å². The van der Waals surface area contributed by atoms with Gasteiger partial charge < -0.3 is 9.47 Å². The van der Waals surface area contributed by atoms with E-state index in [4.69, 9.17) is 9.47 Å². The van der Waals surface area contributed by atoms with Crippen LogP contribution in [-0.2, 0) is 19.1 Å². The van der Waals surface area contributed by atoms with Crippen LogP contribution in [0.4, 0.5) is 0 Å². The van der Waals surface area contributed by atoms with Crippen LogP contribution in [-0.4, -0.2) is 66.7 Å². The fraction of sp³-hybridized carbons (Fsp3) is 0.297. The van der Waals surface area contributed by atoms with Crippen molar-refractivity contribution in [2.45, 2.75) is 54.8 Å². The first-order chi connectivity index (χ1) is 24.1. The summed E-state index contributed by atoms with van der Waals surface area (Å²) in [4.78, 5) is 23.0. The van der Waals surface area contributed by atoms with Crippen molar-refractivity contribution in [3.05, 3.63) is 96.6 Å². The molecule has 250 valence electrons. The highest BCUT2D eigenvalue weighted by Crippen LogP contribution is 2.45. The molecule has 0 amide bonds. The zero-order valence-corrected chi connectivity index (χ0v) is 29.0. The zero-order chi connectivity index (χ0) is 33.7. The summed E-state index contributed by atoms with van der Waals surface area (Å²) >= 11 is 2.67. The van der Waals surface area contributed by atoms with E-state index >= 15 is 0 Å². The van der Waals surface area contributed by atoms with Crippen molar-refractivity contribution in [1.29, 1.82) is 0 Å². The van der Waals surface area contributed by atoms with Gasteiger partial charge in [0.2, 0.25) is 0 Å². The second-order valence-electron chi connectivity index (χ2n) is 11.9. The van der Waals surface area contributed by atoms with Gasteiger partial charge in [-0.25, -0.2) is 0 Å². The molecule has 0 N–H and O–H groups in total. The average Bonchev–Trinajstić information content (AvgIpc) is 4.07. The van der Waals surface area contributed by atoms with Gasteiger partial charge in [-0.15, -0.1) is 20.4 Å². The third-order valence-corrected chi connectivity index (χ3v) is 10.5. The maximum atomic E-state index is 11.6. The number of fused-ring (bicyclic) bond motifs is 2. The number of aromatic nitrogens is 6. The van der Waals surface area contributed by atoms with Crippen molar-refractivity contribution in [1.82, 2.24) is 29.5 Å². The molecule has 2 aromatic heterocycles. The molecule has 0 spiro atoms. The lowest BCUT2D eigenvalue weighted by molar-refractivity contribution is -0.140. The van der Waals surface area contributed by atoms with Gasteiger partial charge in [0.1, 0.15) is 12.7 Å². The number of nitrogens with zero attached hydrogens (tertiary/aromatic N) is 6. The van der Waals surface area contributed by atoms with Crippen LogP contribution >= 0.6 is 23.5 Å². The molecule has 0 radical (unpaired) electrons. The van der Waals surface area contributed by atoms with Crippen molar-refractivity contribution < 1.29 is 19.1 Å². The number of ether oxygens (including phenoxy) is 2. The van der Waals surface area contributed by atoms with E-state index in [0.29, 0.717) is 28.8 Å². The van der Waals surface area contributed by atoms with Gasteiger partial charge in [0, 0.05) is 10.8 Å². The number of methoxy groups -OCH3 is 1. The fourth-order valence-corrected chi connectivity index (χ4v) is 7.49. The van der Waals surface area contributed by atoms with Crippen LogP contribution in [0.2, 0.25) is 0 Å². The molecule has 0 aliphatic heterocycles. The van der Waals surface area contributed by atoms with E-state index < -0.39 is 0 Å². The molecule has 0 atom stereocenters. The predicted molar refractivity (Wildman–Crippen MR) is 192 cm³/mol. The summed E-state index contributed by atoms with van der Waals surface area (Å²) in [6.07, 6.45) is 8.49.